The lowest BCUT2D eigenvalue weighted by Crippen LogP contribution is -2.47. The van der Waals surface area contributed by atoms with E-state index in [1.54, 1.807) is 7.11 Å². The van der Waals surface area contributed by atoms with Crippen molar-refractivity contribution in [2.24, 2.45) is 0 Å². The monoisotopic (exact) mass is 359 g/mol. The van der Waals surface area contributed by atoms with Crippen LogP contribution in [0.4, 0.5) is 5.69 Å². The van der Waals surface area contributed by atoms with E-state index in [-0.39, 0.29) is 0 Å². The van der Waals surface area contributed by atoms with Crippen LogP contribution in [0, 0.1) is 0 Å². The number of carbonyl (C=O) groups is 1. The molecule has 0 radical (unpaired) electrons. The molecular formula is C21H33N3O2. The lowest BCUT2D eigenvalue weighted by Gasteiger charge is -2.37. The second-order valence-corrected chi connectivity index (χ2v) is 7.55. The van der Waals surface area contributed by atoms with Crippen molar-refractivity contribution >= 4 is 11.6 Å². The minimum atomic E-state index is 0.309. The maximum absolute atomic E-state index is 12.5. The van der Waals surface area contributed by atoms with Gasteiger partial charge in [0.25, 0.3) is 0 Å². The predicted octanol–water partition coefficient (Wildman–Crippen LogP) is 3.00. The first-order chi connectivity index (χ1) is 12.7. The summed E-state index contributed by atoms with van der Waals surface area (Å²) in [5.74, 6) is 1.24. The van der Waals surface area contributed by atoms with E-state index >= 15 is 0 Å². The Kier molecular flexibility index (Phi) is 6.78. The van der Waals surface area contributed by atoms with Crippen LogP contribution >= 0.6 is 0 Å². The van der Waals surface area contributed by atoms with Gasteiger partial charge in [-0.2, -0.15) is 0 Å². The minimum absolute atomic E-state index is 0.309. The number of nitrogens with zero attached hydrogens (tertiary/aromatic N) is 3. The van der Waals surface area contributed by atoms with E-state index < -0.39 is 0 Å². The number of piperazine rings is 1. The molecule has 5 nitrogen and oxygen atoms in total. The lowest BCUT2D eigenvalue weighted by molar-refractivity contribution is -0.132. The highest BCUT2D eigenvalue weighted by molar-refractivity contribution is 5.76. The number of amides is 1. The molecule has 0 atom stereocenters. The van der Waals surface area contributed by atoms with Gasteiger partial charge in [-0.1, -0.05) is 31.4 Å². The van der Waals surface area contributed by atoms with Crippen molar-refractivity contribution in [2.45, 2.75) is 44.6 Å². The van der Waals surface area contributed by atoms with Crippen molar-refractivity contribution < 1.29 is 9.53 Å². The largest absolute Gasteiger partial charge is 0.495 e. The number of anilines is 1. The Hall–Kier alpha value is -1.75. The Balaban J connectivity index is 1.43. The summed E-state index contributed by atoms with van der Waals surface area (Å²) in [7, 11) is 3.72. The normalized spacial score (nSPS) is 19.4. The molecule has 1 saturated carbocycles. The molecule has 5 heteroatoms. The third kappa shape index (κ3) is 4.70. The van der Waals surface area contributed by atoms with E-state index in [2.05, 4.69) is 21.9 Å². The zero-order chi connectivity index (χ0) is 18.4. The summed E-state index contributed by atoms with van der Waals surface area (Å²) in [5, 5.41) is 0. The van der Waals surface area contributed by atoms with Crippen LogP contribution in [0.3, 0.4) is 0 Å². The fraction of sp³-hybridized carbons (Fsp3) is 0.667. The number of hydrogen-bond donors (Lipinski definition) is 0. The Morgan fingerprint density at radius 3 is 2.50 bits per heavy atom. The molecule has 1 aliphatic heterocycles. The number of rotatable bonds is 6. The van der Waals surface area contributed by atoms with Crippen molar-refractivity contribution in [3.8, 4) is 5.75 Å². The van der Waals surface area contributed by atoms with Crippen LogP contribution in [0.1, 0.15) is 38.5 Å². The number of carbonyl (C=O) groups excluding carboxylic acids is 1. The standard InChI is InChI=1S/C21H33N3O2/c1-22(18-8-4-3-5-9-18)21(25)12-13-23-14-16-24(17-15-23)19-10-6-7-11-20(19)26-2/h6-7,10-11,18H,3-5,8-9,12-17H2,1-2H3. The molecule has 1 aromatic carbocycles. The Morgan fingerprint density at radius 1 is 1.12 bits per heavy atom. The van der Waals surface area contributed by atoms with E-state index in [0.29, 0.717) is 18.4 Å². The highest BCUT2D eigenvalue weighted by Gasteiger charge is 2.24. The topological polar surface area (TPSA) is 36.0 Å². The molecule has 2 aliphatic rings. The average molecular weight is 360 g/mol. The predicted molar refractivity (Wildman–Crippen MR) is 106 cm³/mol. The van der Waals surface area contributed by atoms with Gasteiger partial charge in [0.1, 0.15) is 5.75 Å². The molecule has 1 aromatic rings. The van der Waals surface area contributed by atoms with E-state index in [4.69, 9.17) is 4.74 Å². The van der Waals surface area contributed by atoms with Crippen molar-refractivity contribution in [1.29, 1.82) is 0 Å². The summed E-state index contributed by atoms with van der Waals surface area (Å²) >= 11 is 0. The Bertz CT molecular complexity index is 578. The van der Waals surface area contributed by atoms with Gasteiger partial charge in [-0.05, 0) is 25.0 Å². The summed E-state index contributed by atoms with van der Waals surface area (Å²) in [5.41, 5.74) is 1.17. The van der Waals surface area contributed by atoms with Gasteiger partial charge in [0.2, 0.25) is 5.91 Å². The number of benzene rings is 1. The van der Waals surface area contributed by atoms with Gasteiger partial charge >= 0.3 is 0 Å². The van der Waals surface area contributed by atoms with Crippen molar-refractivity contribution in [3.63, 3.8) is 0 Å². The molecule has 2 fully saturated rings. The van der Waals surface area contributed by atoms with E-state index in [0.717, 1.165) is 38.5 Å². The Morgan fingerprint density at radius 2 is 1.81 bits per heavy atom. The van der Waals surface area contributed by atoms with Gasteiger partial charge in [0.15, 0.2) is 0 Å². The maximum atomic E-state index is 12.5. The van der Waals surface area contributed by atoms with Crippen LogP contribution in [0.5, 0.6) is 5.75 Å². The SMILES string of the molecule is COc1ccccc1N1CCN(CCC(=O)N(C)C2CCCCC2)CC1. The van der Waals surface area contributed by atoms with Gasteiger partial charge in [-0.3, -0.25) is 9.69 Å². The van der Waals surface area contributed by atoms with Crippen molar-refractivity contribution in [3.05, 3.63) is 24.3 Å². The fourth-order valence-electron chi connectivity index (χ4n) is 4.21. The second kappa shape index (κ2) is 9.26. The lowest BCUT2D eigenvalue weighted by atomic mass is 9.94. The highest BCUT2D eigenvalue weighted by Crippen LogP contribution is 2.28. The van der Waals surface area contributed by atoms with Gasteiger partial charge in [0, 0.05) is 52.2 Å². The molecule has 0 aromatic heterocycles. The quantitative estimate of drug-likeness (QED) is 0.782. The van der Waals surface area contributed by atoms with Crippen LogP contribution in [0.2, 0.25) is 0 Å². The molecule has 1 amide bonds. The third-order valence-electron chi connectivity index (χ3n) is 5.96. The van der Waals surface area contributed by atoms with Gasteiger partial charge in [-0.15, -0.1) is 0 Å². The van der Waals surface area contributed by atoms with Crippen LogP contribution in [-0.4, -0.2) is 68.6 Å². The summed E-state index contributed by atoms with van der Waals surface area (Å²) in [6.45, 7) is 4.83. The van der Waals surface area contributed by atoms with E-state index in [1.165, 1.54) is 37.8 Å². The first kappa shape index (κ1) is 19.0. The molecular weight excluding hydrogens is 326 g/mol. The second-order valence-electron chi connectivity index (χ2n) is 7.55. The summed E-state index contributed by atoms with van der Waals surface area (Å²) in [6, 6.07) is 8.67. The number of para-hydroxylation sites is 2. The molecule has 0 bridgehead atoms. The van der Waals surface area contributed by atoms with Crippen molar-refractivity contribution in [1.82, 2.24) is 9.80 Å². The molecule has 3 rings (SSSR count). The van der Waals surface area contributed by atoms with Gasteiger partial charge in [-0.25, -0.2) is 0 Å². The molecule has 144 valence electrons. The van der Waals surface area contributed by atoms with E-state index in [9.17, 15) is 4.79 Å². The van der Waals surface area contributed by atoms with Crippen LogP contribution < -0.4 is 9.64 Å². The Labute approximate surface area is 157 Å². The molecule has 0 unspecified atom stereocenters. The molecule has 26 heavy (non-hydrogen) atoms. The highest BCUT2D eigenvalue weighted by atomic mass is 16.5. The first-order valence-corrected chi connectivity index (χ1v) is 10.0. The molecule has 1 aliphatic carbocycles. The van der Waals surface area contributed by atoms with Crippen LogP contribution in [0.15, 0.2) is 24.3 Å². The molecule has 0 N–H and O–H groups in total. The molecule has 0 spiro atoms. The van der Waals surface area contributed by atoms with Crippen molar-refractivity contribution in [2.75, 3.05) is 51.8 Å². The fourth-order valence-corrected chi connectivity index (χ4v) is 4.21. The number of methoxy groups -OCH3 is 1. The zero-order valence-corrected chi connectivity index (χ0v) is 16.3. The number of hydrogen-bond acceptors (Lipinski definition) is 4. The third-order valence-corrected chi connectivity index (χ3v) is 5.96. The maximum Gasteiger partial charge on any atom is 0.223 e. The minimum Gasteiger partial charge on any atom is -0.495 e. The van der Waals surface area contributed by atoms with Gasteiger partial charge < -0.3 is 14.5 Å². The summed E-state index contributed by atoms with van der Waals surface area (Å²) in [6.07, 6.45) is 6.87. The number of ether oxygens (including phenoxy) is 1. The first-order valence-electron chi connectivity index (χ1n) is 10.0. The summed E-state index contributed by atoms with van der Waals surface area (Å²) < 4.78 is 5.48. The van der Waals surface area contributed by atoms with Gasteiger partial charge in [0.05, 0.1) is 12.8 Å². The van der Waals surface area contributed by atoms with Crippen LogP contribution in [-0.2, 0) is 4.79 Å². The van der Waals surface area contributed by atoms with Crippen LogP contribution in [0.25, 0.3) is 0 Å². The molecule has 1 saturated heterocycles. The van der Waals surface area contributed by atoms with E-state index in [1.807, 2.05) is 24.1 Å². The molecule has 1 heterocycles. The smallest absolute Gasteiger partial charge is 0.223 e. The average Bonchev–Trinajstić information content (AvgIpc) is 2.72. The summed E-state index contributed by atoms with van der Waals surface area (Å²) in [4.78, 5) is 19.3. The zero-order valence-electron chi connectivity index (χ0n) is 16.3.